The number of pyridine rings is 1. The second-order valence-corrected chi connectivity index (χ2v) is 8.93. The molecule has 0 amide bonds. The average molecular weight is 421 g/mol. The first-order chi connectivity index (χ1) is 13.8. The Morgan fingerprint density at radius 3 is 2.52 bits per heavy atom. The van der Waals surface area contributed by atoms with Crippen LogP contribution < -0.4 is 4.57 Å². The number of fused-ring (bicyclic) bond motifs is 1. The van der Waals surface area contributed by atoms with Gasteiger partial charge in [-0.3, -0.25) is 4.79 Å². The first kappa shape index (κ1) is 23.6. The SMILES string of the molecule is CCOC(=O)CCC[N+](C)(C)CCCCCC[n+]1cc(Cl)c(C)c2ccccc21. The zero-order valence-corrected chi connectivity index (χ0v) is 19.3. The predicted molar refractivity (Wildman–Crippen MR) is 120 cm³/mol. The highest BCUT2D eigenvalue weighted by atomic mass is 35.5. The van der Waals surface area contributed by atoms with Crippen LogP contribution in [0.15, 0.2) is 30.5 Å². The minimum atomic E-state index is -0.0752. The van der Waals surface area contributed by atoms with Crippen molar-refractivity contribution in [2.75, 3.05) is 33.8 Å². The quantitative estimate of drug-likeness (QED) is 0.208. The lowest BCUT2D eigenvalue weighted by Gasteiger charge is -2.29. The van der Waals surface area contributed by atoms with Gasteiger partial charge in [0.25, 0.3) is 0 Å². The van der Waals surface area contributed by atoms with Crippen molar-refractivity contribution in [3.63, 3.8) is 0 Å². The van der Waals surface area contributed by atoms with Crippen LogP contribution in [-0.2, 0) is 16.1 Å². The van der Waals surface area contributed by atoms with Crippen molar-refractivity contribution < 1.29 is 18.6 Å². The van der Waals surface area contributed by atoms with Gasteiger partial charge in [-0.15, -0.1) is 0 Å². The number of rotatable bonds is 12. The lowest BCUT2D eigenvalue weighted by atomic mass is 10.1. The molecule has 5 heteroatoms. The molecule has 4 nitrogen and oxygen atoms in total. The van der Waals surface area contributed by atoms with E-state index in [0.717, 1.165) is 47.5 Å². The summed E-state index contributed by atoms with van der Waals surface area (Å²) in [5.41, 5.74) is 2.41. The van der Waals surface area contributed by atoms with Crippen LogP contribution in [0.25, 0.3) is 10.9 Å². The summed E-state index contributed by atoms with van der Waals surface area (Å²) in [6.07, 6.45) is 8.32. The molecule has 1 aromatic heterocycles. The largest absolute Gasteiger partial charge is 0.466 e. The number of nitrogens with zero attached hydrogens (tertiary/aromatic N) is 2. The summed E-state index contributed by atoms with van der Waals surface area (Å²) in [5, 5.41) is 2.08. The second-order valence-electron chi connectivity index (χ2n) is 8.52. The average Bonchev–Trinajstić information content (AvgIpc) is 2.68. The number of aromatic nitrogens is 1. The number of benzene rings is 1. The van der Waals surface area contributed by atoms with Crippen LogP contribution in [0.5, 0.6) is 0 Å². The van der Waals surface area contributed by atoms with E-state index in [1.165, 1.54) is 30.2 Å². The molecule has 0 bridgehead atoms. The topological polar surface area (TPSA) is 30.2 Å². The van der Waals surface area contributed by atoms with Gasteiger partial charge >= 0.3 is 5.97 Å². The van der Waals surface area contributed by atoms with Gasteiger partial charge in [-0.2, -0.15) is 4.57 Å². The number of aryl methyl sites for hydroxylation is 2. The first-order valence-corrected chi connectivity index (χ1v) is 11.3. The number of quaternary nitrogens is 1. The number of carbonyl (C=O) groups is 1. The van der Waals surface area contributed by atoms with E-state index in [9.17, 15) is 4.79 Å². The van der Waals surface area contributed by atoms with E-state index in [4.69, 9.17) is 16.3 Å². The Labute approximate surface area is 181 Å². The van der Waals surface area contributed by atoms with Gasteiger partial charge in [0.15, 0.2) is 6.20 Å². The molecule has 2 rings (SSSR count). The lowest BCUT2D eigenvalue weighted by molar-refractivity contribution is -0.890. The van der Waals surface area contributed by atoms with Gasteiger partial charge in [0.1, 0.15) is 11.6 Å². The van der Waals surface area contributed by atoms with E-state index in [1.807, 2.05) is 6.92 Å². The van der Waals surface area contributed by atoms with Crippen molar-refractivity contribution in [3.8, 4) is 0 Å². The van der Waals surface area contributed by atoms with Crippen LogP contribution in [0.3, 0.4) is 0 Å². The number of hydrogen-bond donors (Lipinski definition) is 0. The zero-order chi connectivity index (χ0) is 21.3. The summed E-state index contributed by atoms with van der Waals surface area (Å²) >= 11 is 6.43. The van der Waals surface area contributed by atoms with Gasteiger partial charge in [-0.25, -0.2) is 0 Å². The van der Waals surface area contributed by atoms with Crippen molar-refractivity contribution in [3.05, 3.63) is 41.0 Å². The third-order valence-corrected chi connectivity index (χ3v) is 5.99. The molecule has 0 fully saturated rings. The van der Waals surface area contributed by atoms with Crippen molar-refractivity contribution >= 4 is 28.5 Å². The Morgan fingerprint density at radius 1 is 1.07 bits per heavy atom. The predicted octanol–water partition coefficient (Wildman–Crippen LogP) is 5.07. The Balaban J connectivity index is 1.70. The summed E-state index contributed by atoms with van der Waals surface area (Å²) in [7, 11) is 4.50. The fraction of sp³-hybridized carbons (Fsp3) is 0.583. The van der Waals surface area contributed by atoms with Gasteiger partial charge in [0, 0.05) is 18.9 Å². The Morgan fingerprint density at radius 2 is 1.76 bits per heavy atom. The van der Waals surface area contributed by atoms with Crippen LogP contribution in [0, 0.1) is 6.92 Å². The van der Waals surface area contributed by atoms with Crippen LogP contribution in [0.1, 0.15) is 51.0 Å². The third-order valence-electron chi connectivity index (χ3n) is 5.61. The smallest absolute Gasteiger partial charge is 0.305 e. The second kappa shape index (κ2) is 11.5. The normalized spacial score (nSPS) is 11.8. The Kier molecular flexibility index (Phi) is 9.38. The molecule has 0 N–H and O–H groups in total. The van der Waals surface area contributed by atoms with Crippen molar-refractivity contribution in [1.82, 2.24) is 0 Å². The third kappa shape index (κ3) is 7.60. The van der Waals surface area contributed by atoms with Gasteiger partial charge in [0.05, 0.1) is 45.6 Å². The highest BCUT2D eigenvalue weighted by Crippen LogP contribution is 2.22. The molecule has 0 aliphatic rings. The molecule has 29 heavy (non-hydrogen) atoms. The van der Waals surface area contributed by atoms with Crippen molar-refractivity contribution in [2.24, 2.45) is 0 Å². The van der Waals surface area contributed by atoms with Gasteiger partial charge in [-0.05, 0) is 44.7 Å². The molecule has 1 heterocycles. The molecular formula is C24H37ClN2O2+2. The number of hydrogen-bond acceptors (Lipinski definition) is 2. The molecule has 160 valence electrons. The number of para-hydroxylation sites is 1. The lowest BCUT2D eigenvalue weighted by Crippen LogP contribution is -2.41. The maximum atomic E-state index is 11.5. The summed E-state index contributed by atoms with van der Waals surface area (Å²) in [6, 6.07) is 8.49. The summed E-state index contributed by atoms with van der Waals surface area (Å²) in [5.74, 6) is -0.0752. The van der Waals surface area contributed by atoms with Crippen LogP contribution in [0.4, 0.5) is 0 Å². The fourth-order valence-corrected chi connectivity index (χ4v) is 4.05. The minimum absolute atomic E-state index is 0.0752. The van der Waals surface area contributed by atoms with E-state index in [-0.39, 0.29) is 5.97 Å². The molecule has 0 unspecified atom stereocenters. The number of carbonyl (C=O) groups excluding carboxylic acids is 1. The zero-order valence-electron chi connectivity index (χ0n) is 18.5. The maximum absolute atomic E-state index is 11.5. The minimum Gasteiger partial charge on any atom is -0.466 e. The van der Waals surface area contributed by atoms with Gasteiger partial charge in [-0.1, -0.05) is 23.7 Å². The molecule has 0 saturated carbocycles. The molecule has 0 saturated heterocycles. The van der Waals surface area contributed by atoms with E-state index >= 15 is 0 Å². The molecule has 0 aliphatic carbocycles. The highest BCUT2D eigenvalue weighted by Gasteiger charge is 2.16. The molecule has 0 aliphatic heterocycles. The highest BCUT2D eigenvalue weighted by molar-refractivity contribution is 6.31. The molecule has 0 spiro atoms. The summed E-state index contributed by atoms with van der Waals surface area (Å²) in [6.45, 7) is 7.57. The van der Waals surface area contributed by atoms with E-state index in [2.05, 4.69) is 56.0 Å². The molecule has 0 atom stereocenters. The Hall–Kier alpha value is -1.65. The molecule has 0 radical (unpaired) electrons. The number of esters is 1. The van der Waals surface area contributed by atoms with Crippen LogP contribution in [-0.4, -0.2) is 44.2 Å². The summed E-state index contributed by atoms with van der Waals surface area (Å²) < 4.78 is 8.26. The van der Waals surface area contributed by atoms with Crippen LogP contribution >= 0.6 is 11.6 Å². The number of halogens is 1. The monoisotopic (exact) mass is 420 g/mol. The van der Waals surface area contributed by atoms with Gasteiger partial charge in [0.2, 0.25) is 5.52 Å². The number of unbranched alkanes of at least 4 members (excludes halogenated alkanes) is 3. The van der Waals surface area contributed by atoms with E-state index in [1.54, 1.807) is 0 Å². The maximum Gasteiger partial charge on any atom is 0.305 e. The molecule has 2 aromatic rings. The van der Waals surface area contributed by atoms with Gasteiger partial charge < -0.3 is 9.22 Å². The van der Waals surface area contributed by atoms with Crippen LogP contribution in [0.2, 0.25) is 5.02 Å². The van der Waals surface area contributed by atoms with E-state index < -0.39 is 0 Å². The van der Waals surface area contributed by atoms with Crippen molar-refractivity contribution in [2.45, 2.75) is 58.9 Å². The molecular weight excluding hydrogens is 384 g/mol. The first-order valence-electron chi connectivity index (χ1n) is 10.9. The van der Waals surface area contributed by atoms with E-state index in [0.29, 0.717) is 13.0 Å². The fourth-order valence-electron chi connectivity index (χ4n) is 3.83. The molecule has 1 aromatic carbocycles. The standard InChI is InChI=1S/C24H37ClN2O2/c1-5-29-24(28)15-12-18-27(3,4)17-11-7-6-10-16-26-19-22(25)20(2)21-13-8-9-14-23(21)26/h8-9,13-14,19H,5-7,10-12,15-18H2,1-4H3/q+2. The van der Waals surface area contributed by atoms with Crippen molar-refractivity contribution in [1.29, 1.82) is 0 Å². The Bertz CT molecular complexity index is 805. The number of ether oxygens (including phenoxy) is 1. The summed E-state index contributed by atoms with van der Waals surface area (Å²) in [4.78, 5) is 11.5.